The second-order valence-corrected chi connectivity index (χ2v) is 12.3. The largest absolute Gasteiger partial charge is 0.433 e. The van der Waals surface area contributed by atoms with Crippen LogP contribution < -0.4 is 10.1 Å². The van der Waals surface area contributed by atoms with E-state index in [0.717, 1.165) is 24.8 Å². The molecule has 2 saturated heterocycles. The number of ether oxygens (including phenoxy) is 1. The van der Waals surface area contributed by atoms with Crippen molar-refractivity contribution in [2.75, 3.05) is 31.5 Å². The van der Waals surface area contributed by atoms with Gasteiger partial charge in [-0.15, -0.1) is 0 Å². The molecule has 2 aliphatic rings. The first kappa shape index (κ1) is 26.5. The monoisotopic (exact) mass is 521 g/mol. The molecule has 2 heterocycles. The minimum atomic E-state index is -3.49. The Morgan fingerprint density at radius 1 is 1.06 bits per heavy atom. The number of amides is 1. The number of carbonyl (C=O) groups is 1. The van der Waals surface area contributed by atoms with Crippen LogP contribution in [0.4, 0.5) is 14.5 Å². The van der Waals surface area contributed by atoms with Gasteiger partial charge in [0.2, 0.25) is 15.9 Å². The number of nitrogens with one attached hydrogen (secondary N) is 1. The smallest absolute Gasteiger partial charge is 0.387 e. The molecule has 196 valence electrons. The number of hydrogen-bond donors (Lipinski definition) is 1. The molecule has 0 radical (unpaired) electrons. The Morgan fingerprint density at radius 3 is 2.36 bits per heavy atom. The molecule has 36 heavy (non-hydrogen) atoms. The first-order valence-electron chi connectivity index (χ1n) is 12.1. The van der Waals surface area contributed by atoms with Crippen molar-refractivity contribution in [2.45, 2.75) is 51.0 Å². The Kier molecular flexibility index (Phi) is 7.68. The molecule has 0 bridgehead atoms. The van der Waals surface area contributed by atoms with Crippen LogP contribution in [-0.4, -0.2) is 61.9 Å². The van der Waals surface area contributed by atoms with Crippen molar-refractivity contribution in [1.29, 1.82) is 0 Å². The van der Waals surface area contributed by atoms with Gasteiger partial charge in [-0.05, 0) is 69.3 Å². The molecule has 0 atom stereocenters. The van der Waals surface area contributed by atoms with Crippen LogP contribution in [-0.2, 0) is 20.6 Å². The Morgan fingerprint density at radius 2 is 1.69 bits per heavy atom. The third kappa shape index (κ3) is 6.22. The number of rotatable bonds is 8. The number of likely N-dealkylation sites (tertiary alicyclic amines) is 1. The Balaban J connectivity index is 1.35. The molecule has 0 aliphatic carbocycles. The zero-order chi connectivity index (χ0) is 26.0. The summed E-state index contributed by atoms with van der Waals surface area (Å²) >= 11 is 0. The van der Waals surface area contributed by atoms with E-state index in [9.17, 15) is 22.0 Å². The molecule has 2 aliphatic heterocycles. The molecular formula is C26H33F2N3O4S. The molecule has 4 rings (SSSR count). The predicted octanol–water partition coefficient (Wildman–Crippen LogP) is 4.32. The first-order chi connectivity index (χ1) is 17.0. The van der Waals surface area contributed by atoms with Crippen molar-refractivity contribution in [2.24, 2.45) is 5.41 Å². The van der Waals surface area contributed by atoms with Gasteiger partial charge in [-0.1, -0.05) is 42.5 Å². The topological polar surface area (TPSA) is 79.0 Å². The summed E-state index contributed by atoms with van der Waals surface area (Å²) in [4.78, 5) is 14.6. The fourth-order valence-corrected chi connectivity index (χ4v) is 7.66. The number of anilines is 1. The molecule has 2 aromatic carbocycles. The number of nitrogens with zero attached hydrogens (tertiary/aromatic N) is 2. The minimum absolute atomic E-state index is 0.0175. The molecule has 0 aromatic heterocycles. The summed E-state index contributed by atoms with van der Waals surface area (Å²) in [6.07, 6.45) is 2.34. The molecule has 1 amide bonds. The van der Waals surface area contributed by atoms with Crippen molar-refractivity contribution in [3.8, 4) is 5.75 Å². The molecule has 1 N–H and O–H groups in total. The summed E-state index contributed by atoms with van der Waals surface area (Å²) < 4.78 is 58.1. The molecule has 0 saturated carbocycles. The fourth-order valence-electron chi connectivity index (χ4n) is 5.60. The van der Waals surface area contributed by atoms with E-state index in [1.807, 2.05) is 49.1 Å². The van der Waals surface area contributed by atoms with E-state index in [1.54, 1.807) is 16.4 Å². The highest BCUT2D eigenvalue weighted by Gasteiger charge is 2.53. The van der Waals surface area contributed by atoms with Crippen LogP contribution in [0.5, 0.6) is 5.75 Å². The average Bonchev–Trinajstić information content (AvgIpc) is 3.08. The molecule has 10 heteroatoms. The van der Waals surface area contributed by atoms with Gasteiger partial charge in [-0.2, -0.15) is 13.1 Å². The molecule has 2 aromatic rings. The number of sulfonamides is 1. The van der Waals surface area contributed by atoms with E-state index in [2.05, 4.69) is 10.1 Å². The van der Waals surface area contributed by atoms with E-state index >= 15 is 0 Å². The van der Waals surface area contributed by atoms with Gasteiger partial charge in [0, 0.05) is 12.1 Å². The lowest BCUT2D eigenvalue weighted by Crippen LogP contribution is -2.45. The van der Waals surface area contributed by atoms with E-state index < -0.39 is 22.2 Å². The number of benzene rings is 2. The highest BCUT2D eigenvalue weighted by atomic mass is 32.2. The van der Waals surface area contributed by atoms with Gasteiger partial charge in [0.05, 0.1) is 18.0 Å². The van der Waals surface area contributed by atoms with Gasteiger partial charge >= 0.3 is 6.61 Å². The van der Waals surface area contributed by atoms with Crippen molar-refractivity contribution in [3.63, 3.8) is 0 Å². The molecule has 7 nitrogen and oxygen atoms in total. The Bertz CT molecular complexity index is 1170. The Labute approximate surface area is 211 Å². The van der Waals surface area contributed by atoms with Crippen LogP contribution in [0.25, 0.3) is 0 Å². The second-order valence-electron chi connectivity index (χ2n) is 10.4. The highest BCUT2D eigenvalue weighted by Crippen LogP contribution is 2.49. The van der Waals surface area contributed by atoms with E-state index in [1.165, 1.54) is 12.1 Å². The second kappa shape index (κ2) is 10.4. The maximum atomic E-state index is 13.3. The summed E-state index contributed by atoms with van der Waals surface area (Å²) in [7, 11) is -3.49. The van der Waals surface area contributed by atoms with Gasteiger partial charge in [0.25, 0.3) is 0 Å². The zero-order valence-electron chi connectivity index (χ0n) is 20.6. The molecule has 0 unspecified atom stereocenters. The molecule has 1 spiro atoms. The number of hydrogen-bond acceptors (Lipinski definition) is 5. The predicted molar refractivity (Wildman–Crippen MR) is 134 cm³/mol. The third-order valence-corrected chi connectivity index (χ3v) is 9.14. The van der Waals surface area contributed by atoms with E-state index in [0.29, 0.717) is 19.6 Å². The number of alkyl halides is 2. The maximum absolute atomic E-state index is 13.3. The summed E-state index contributed by atoms with van der Waals surface area (Å²) in [5.74, 6) is -0.408. The van der Waals surface area contributed by atoms with Crippen molar-refractivity contribution in [3.05, 3.63) is 60.2 Å². The van der Waals surface area contributed by atoms with Gasteiger partial charge in [0.1, 0.15) is 5.75 Å². The SMILES string of the molecule is CC1(C)CC2(CCN(CC(=O)Nc3ccccc3OC(F)F)CC2)CN1S(=O)(=O)Cc1ccccc1. The lowest BCUT2D eigenvalue weighted by atomic mass is 9.74. The van der Waals surface area contributed by atoms with E-state index in [4.69, 9.17) is 0 Å². The van der Waals surface area contributed by atoms with Crippen molar-refractivity contribution in [1.82, 2.24) is 9.21 Å². The van der Waals surface area contributed by atoms with Crippen molar-refractivity contribution < 1.29 is 26.7 Å². The zero-order valence-corrected chi connectivity index (χ0v) is 21.4. The summed E-state index contributed by atoms with van der Waals surface area (Å²) in [6.45, 7) is 2.92. The van der Waals surface area contributed by atoms with Crippen LogP contribution in [0, 0.1) is 5.41 Å². The van der Waals surface area contributed by atoms with Crippen LogP contribution in [0.2, 0.25) is 0 Å². The lowest BCUT2D eigenvalue weighted by Gasteiger charge is -2.39. The maximum Gasteiger partial charge on any atom is 0.387 e. The first-order valence-corrected chi connectivity index (χ1v) is 13.7. The van der Waals surface area contributed by atoms with Crippen LogP contribution in [0.3, 0.4) is 0 Å². The third-order valence-electron chi connectivity index (χ3n) is 7.15. The van der Waals surface area contributed by atoms with Crippen LogP contribution >= 0.6 is 0 Å². The minimum Gasteiger partial charge on any atom is -0.433 e. The Hall–Kier alpha value is -2.56. The average molecular weight is 522 g/mol. The fraction of sp³-hybridized carbons (Fsp3) is 0.500. The normalized spacial score (nSPS) is 20.0. The standard InChI is InChI=1S/C26H33F2N3O4S/c1-25(2)18-26(19-31(25)36(33,34)17-20-8-4-3-5-9-20)12-14-30(15-13-26)16-23(32)29-21-10-6-7-11-22(21)35-24(27)28/h3-11,24H,12-19H2,1-2H3,(H,29,32). The van der Waals surface area contributed by atoms with Crippen LogP contribution in [0.1, 0.15) is 38.7 Å². The summed E-state index contributed by atoms with van der Waals surface area (Å²) in [5.41, 5.74) is 0.364. The summed E-state index contributed by atoms with van der Waals surface area (Å²) in [6, 6.07) is 15.3. The van der Waals surface area contributed by atoms with Gasteiger partial charge in [-0.3, -0.25) is 9.69 Å². The number of halogens is 2. The van der Waals surface area contributed by atoms with Gasteiger partial charge < -0.3 is 10.1 Å². The quantitative estimate of drug-likeness (QED) is 0.560. The number of carbonyl (C=O) groups excluding carboxylic acids is 1. The molecule has 2 fully saturated rings. The van der Waals surface area contributed by atoms with Gasteiger partial charge in [0.15, 0.2) is 0 Å². The van der Waals surface area contributed by atoms with Crippen molar-refractivity contribution >= 4 is 21.6 Å². The lowest BCUT2D eigenvalue weighted by molar-refractivity contribution is -0.118. The van der Waals surface area contributed by atoms with Crippen LogP contribution in [0.15, 0.2) is 54.6 Å². The molecular weight excluding hydrogens is 488 g/mol. The highest BCUT2D eigenvalue weighted by molar-refractivity contribution is 7.88. The number of piperidine rings is 1. The number of para-hydroxylation sites is 2. The summed E-state index contributed by atoms with van der Waals surface area (Å²) in [5, 5.41) is 2.66. The van der Waals surface area contributed by atoms with E-state index in [-0.39, 0.29) is 35.1 Å². The van der Waals surface area contributed by atoms with Gasteiger partial charge in [-0.25, -0.2) is 8.42 Å².